The molecule has 0 saturated carbocycles. The summed E-state index contributed by atoms with van der Waals surface area (Å²) in [5.41, 5.74) is 5.20. The van der Waals surface area contributed by atoms with Crippen LogP contribution < -0.4 is 5.32 Å². The maximum absolute atomic E-state index is 12.0. The summed E-state index contributed by atoms with van der Waals surface area (Å²) in [5, 5.41) is 11.7. The highest BCUT2D eigenvalue weighted by Crippen LogP contribution is 2.12. The van der Waals surface area contributed by atoms with Gasteiger partial charge in [0.05, 0.1) is 17.8 Å². The first-order valence-corrected chi connectivity index (χ1v) is 7.65. The average Bonchev–Trinajstić information content (AvgIpc) is 2.88. The van der Waals surface area contributed by atoms with E-state index in [4.69, 9.17) is 0 Å². The molecule has 2 rings (SSSR count). The zero-order chi connectivity index (χ0) is 16.3. The van der Waals surface area contributed by atoms with Crippen molar-refractivity contribution in [2.24, 2.45) is 7.05 Å². The van der Waals surface area contributed by atoms with Crippen LogP contribution in [0.4, 0.5) is 0 Å². The van der Waals surface area contributed by atoms with Crippen LogP contribution in [-0.2, 0) is 24.8 Å². The van der Waals surface area contributed by atoms with E-state index in [1.165, 1.54) is 0 Å². The monoisotopic (exact) mass is 303 g/mol. The molecule has 0 aromatic carbocycles. The van der Waals surface area contributed by atoms with E-state index in [1.807, 2.05) is 44.1 Å². The minimum atomic E-state index is 0.0487. The SMILES string of the molecule is Cc1cc(C)n(CCCNC(=O)Cc2c(C)nn(C)c2C)n1. The molecule has 0 atom stereocenters. The van der Waals surface area contributed by atoms with Gasteiger partial charge in [0.1, 0.15) is 0 Å². The number of carbonyl (C=O) groups excluding carboxylic acids is 1. The summed E-state index contributed by atoms with van der Waals surface area (Å²) in [6, 6.07) is 2.06. The molecule has 6 heteroatoms. The van der Waals surface area contributed by atoms with Crippen molar-refractivity contribution < 1.29 is 4.79 Å². The Bertz CT molecular complexity index is 668. The van der Waals surface area contributed by atoms with Gasteiger partial charge in [0, 0.05) is 37.1 Å². The van der Waals surface area contributed by atoms with E-state index in [0.29, 0.717) is 13.0 Å². The molecular weight excluding hydrogens is 278 g/mol. The van der Waals surface area contributed by atoms with Crippen molar-refractivity contribution in [3.8, 4) is 0 Å². The molecule has 120 valence electrons. The molecule has 0 spiro atoms. The zero-order valence-corrected chi connectivity index (χ0v) is 14.1. The second-order valence-electron chi connectivity index (χ2n) is 5.80. The Morgan fingerprint density at radius 1 is 1.23 bits per heavy atom. The highest BCUT2D eigenvalue weighted by atomic mass is 16.1. The highest BCUT2D eigenvalue weighted by Gasteiger charge is 2.13. The average molecular weight is 303 g/mol. The van der Waals surface area contributed by atoms with Gasteiger partial charge in [-0.25, -0.2) is 0 Å². The van der Waals surface area contributed by atoms with E-state index in [-0.39, 0.29) is 5.91 Å². The standard InChI is InChI=1S/C16H25N5O/c1-11-9-12(2)21(18-11)8-6-7-17-16(22)10-15-13(3)19-20(5)14(15)4/h9H,6-8,10H2,1-5H3,(H,17,22). The van der Waals surface area contributed by atoms with E-state index in [2.05, 4.69) is 21.6 Å². The molecule has 0 aliphatic rings. The van der Waals surface area contributed by atoms with Gasteiger partial charge in [-0.2, -0.15) is 10.2 Å². The first-order valence-electron chi connectivity index (χ1n) is 7.65. The molecule has 0 unspecified atom stereocenters. The predicted octanol–water partition coefficient (Wildman–Crippen LogP) is 1.60. The van der Waals surface area contributed by atoms with Gasteiger partial charge in [0.25, 0.3) is 0 Å². The zero-order valence-electron chi connectivity index (χ0n) is 14.1. The van der Waals surface area contributed by atoms with Gasteiger partial charge >= 0.3 is 0 Å². The Morgan fingerprint density at radius 2 is 1.95 bits per heavy atom. The highest BCUT2D eigenvalue weighted by molar-refractivity contribution is 5.79. The van der Waals surface area contributed by atoms with Crippen molar-refractivity contribution in [3.05, 3.63) is 34.4 Å². The van der Waals surface area contributed by atoms with Gasteiger partial charge in [-0.1, -0.05) is 0 Å². The van der Waals surface area contributed by atoms with Crippen LogP contribution in [0, 0.1) is 27.7 Å². The van der Waals surface area contributed by atoms with E-state index < -0.39 is 0 Å². The van der Waals surface area contributed by atoms with Crippen LogP contribution in [0.15, 0.2) is 6.07 Å². The van der Waals surface area contributed by atoms with Crippen molar-refractivity contribution in [3.63, 3.8) is 0 Å². The molecule has 2 aromatic rings. The molecule has 0 aliphatic heterocycles. The largest absolute Gasteiger partial charge is 0.356 e. The number of carbonyl (C=O) groups is 1. The first-order chi connectivity index (χ1) is 10.4. The topological polar surface area (TPSA) is 64.7 Å². The lowest BCUT2D eigenvalue weighted by Gasteiger charge is -2.07. The third-order valence-corrected chi connectivity index (χ3v) is 3.97. The number of rotatable bonds is 6. The van der Waals surface area contributed by atoms with Crippen molar-refractivity contribution in [1.29, 1.82) is 0 Å². The van der Waals surface area contributed by atoms with Gasteiger partial charge in [0.15, 0.2) is 0 Å². The molecule has 6 nitrogen and oxygen atoms in total. The molecule has 0 bridgehead atoms. The number of aryl methyl sites for hydroxylation is 5. The third-order valence-electron chi connectivity index (χ3n) is 3.97. The molecule has 0 aliphatic carbocycles. The molecule has 0 radical (unpaired) electrons. The normalized spacial score (nSPS) is 11.0. The lowest BCUT2D eigenvalue weighted by atomic mass is 10.1. The summed E-state index contributed by atoms with van der Waals surface area (Å²) in [4.78, 5) is 12.0. The van der Waals surface area contributed by atoms with Crippen molar-refractivity contribution in [2.75, 3.05) is 6.54 Å². The third kappa shape index (κ3) is 3.75. The van der Waals surface area contributed by atoms with Crippen LogP contribution >= 0.6 is 0 Å². The fourth-order valence-electron chi connectivity index (χ4n) is 2.65. The Morgan fingerprint density at radius 3 is 2.50 bits per heavy atom. The minimum Gasteiger partial charge on any atom is -0.356 e. The number of amides is 1. The smallest absolute Gasteiger partial charge is 0.224 e. The molecule has 22 heavy (non-hydrogen) atoms. The van der Waals surface area contributed by atoms with Crippen LogP contribution in [0.5, 0.6) is 0 Å². The number of hydrogen-bond acceptors (Lipinski definition) is 3. The maximum atomic E-state index is 12.0. The lowest BCUT2D eigenvalue weighted by molar-refractivity contribution is -0.120. The molecule has 0 fully saturated rings. The van der Waals surface area contributed by atoms with Crippen LogP contribution in [-0.4, -0.2) is 32.0 Å². The summed E-state index contributed by atoms with van der Waals surface area (Å²) < 4.78 is 3.80. The van der Waals surface area contributed by atoms with Crippen LogP contribution in [0.3, 0.4) is 0 Å². The summed E-state index contributed by atoms with van der Waals surface area (Å²) >= 11 is 0. The number of nitrogens with zero attached hydrogens (tertiary/aromatic N) is 4. The molecular formula is C16H25N5O. The van der Waals surface area contributed by atoms with Gasteiger partial charge < -0.3 is 5.32 Å². The van der Waals surface area contributed by atoms with Gasteiger partial charge in [-0.3, -0.25) is 14.2 Å². The van der Waals surface area contributed by atoms with Crippen molar-refractivity contribution in [1.82, 2.24) is 24.9 Å². The number of aromatic nitrogens is 4. The summed E-state index contributed by atoms with van der Waals surface area (Å²) in [7, 11) is 1.90. The van der Waals surface area contributed by atoms with E-state index in [1.54, 1.807) is 0 Å². The van der Waals surface area contributed by atoms with Gasteiger partial charge in [0.2, 0.25) is 5.91 Å². The molecule has 0 saturated heterocycles. The summed E-state index contributed by atoms with van der Waals surface area (Å²) in [5.74, 6) is 0.0487. The minimum absolute atomic E-state index is 0.0487. The molecule has 1 amide bonds. The summed E-state index contributed by atoms with van der Waals surface area (Å²) in [6.07, 6.45) is 1.27. The van der Waals surface area contributed by atoms with Crippen molar-refractivity contribution >= 4 is 5.91 Å². The van der Waals surface area contributed by atoms with Crippen molar-refractivity contribution in [2.45, 2.75) is 47.1 Å². The van der Waals surface area contributed by atoms with Crippen LogP contribution in [0.2, 0.25) is 0 Å². The maximum Gasteiger partial charge on any atom is 0.224 e. The Hall–Kier alpha value is -2.11. The summed E-state index contributed by atoms with van der Waals surface area (Å²) in [6.45, 7) is 9.46. The van der Waals surface area contributed by atoms with E-state index >= 15 is 0 Å². The first kappa shape index (κ1) is 16.3. The Kier molecular flexibility index (Phi) is 5.00. The number of nitrogens with one attached hydrogen (secondary N) is 1. The molecule has 1 N–H and O–H groups in total. The quantitative estimate of drug-likeness (QED) is 0.824. The second kappa shape index (κ2) is 6.77. The van der Waals surface area contributed by atoms with E-state index in [9.17, 15) is 4.79 Å². The second-order valence-corrected chi connectivity index (χ2v) is 5.80. The van der Waals surface area contributed by atoms with Crippen LogP contribution in [0.25, 0.3) is 0 Å². The van der Waals surface area contributed by atoms with Gasteiger partial charge in [-0.15, -0.1) is 0 Å². The van der Waals surface area contributed by atoms with E-state index in [0.717, 1.165) is 41.3 Å². The predicted molar refractivity (Wildman–Crippen MR) is 85.7 cm³/mol. The Labute approximate surface area is 131 Å². The number of hydrogen-bond donors (Lipinski definition) is 1. The molecule has 2 aromatic heterocycles. The fourth-order valence-corrected chi connectivity index (χ4v) is 2.65. The fraction of sp³-hybridized carbons (Fsp3) is 0.562. The lowest BCUT2D eigenvalue weighted by Crippen LogP contribution is -2.27. The Balaban J connectivity index is 1.77. The van der Waals surface area contributed by atoms with Gasteiger partial charge in [-0.05, 0) is 40.2 Å². The van der Waals surface area contributed by atoms with Crippen LogP contribution in [0.1, 0.15) is 34.8 Å². The molecule has 2 heterocycles.